The Labute approximate surface area is 150 Å². The third kappa shape index (κ3) is 2.94. The van der Waals surface area contributed by atoms with Gasteiger partial charge in [0.25, 0.3) is 0 Å². The zero-order chi connectivity index (χ0) is 18.5. The van der Waals surface area contributed by atoms with Gasteiger partial charge in [0.1, 0.15) is 11.5 Å². The molecule has 1 saturated heterocycles. The van der Waals surface area contributed by atoms with Crippen LogP contribution in [0.4, 0.5) is 13.2 Å². The molecule has 8 heteroatoms. The fraction of sp³-hybridized carbons (Fsp3) is 0.667. The number of aryl methyl sites for hydroxylation is 2. The molecule has 1 aliphatic heterocycles. The number of rotatable bonds is 3. The maximum Gasteiger partial charge on any atom is 0.433 e. The van der Waals surface area contributed by atoms with Crippen LogP contribution in [0.15, 0.2) is 6.20 Å². The van der Waals surface area contributed by atoms with Crippen LogP contribution in [0.1, 0.15) is 60.2 Å². The summed E-state index contributed by atoms with van der Waals surface area (Å²) in [6, 6.07) is 0.0758. The SMILES string of the molecule is Cn1ncc(CN2CCC[C@H]2c2nc3c(n2C)CCCC3)c1C(F)(F)F. The van der Waals surface area contributed by atoms with Crippen molar-refractivity contribution in [1.29, 1.82) is 0 Å². The largest absolute Gasteiger partial charge is 0.433 e. The Bertz CT molecular complexity index is 805. The van der Waals surface area contributed by atoms with E-state index in [1.165, 1.54) is 37.5 Å². The first-order chi connectivity index (χ1) is 12.4. The van der Waals surface area contributed by atoms with E-state index in [1.54, 1.807) is 0 Å². The summed E-state index contributed by atoms with van der Waals surface area (Å²) in [5.41, 5.74) is 2.07. The van der Waals surface area contributed by atoms with E-state index in [0.29, 0.717) is 0 Å². The first kappa shape index (κ1) is 17.6. The van der Waals surface area contributed by atoms with Gasteiger partial charge in [0, 0.05) is 31.9 Å². The highest BCUT2D eigenvalue weighted by Crippen LogP contribution is 2.37. The quantitative estimate of drug-likeness (QED) is 0.835. The molecule has 2 aromatic heterocycles. The summed E-state index contributed by atoms with van der Waals surface area (Å²) in [6.07, 6.45) is 3.28. The van der Waals surface area contributed by atoms with Gasteiger partial charge in [-0.05, 0) is 45.1 Å². The number of nitrogens with zero attached hydrogens (tertiary/aromatic N) is 5. The van der Waals surface area contributed by atoms with Gasteiger partial charge in [-0.25, -0.2) is 4.98 Å². The molecule has 2 aromatic rings. The van der Waals surface area contributed by atoms with Gasteiger partial charge in [-0.15, -0.1) is 0 Å². The van der Waals surface area contributed by atoms with Crippen LogP contribution in [0.3, 0.4) is 0 Å². The summed E-state index contributed by atoms with van der Waals surface area (Å²) in [5, 5.41) is 3.84. The number of hydrogen-bond donors (Lipinski definition) is 0. The smallest absolute Gasteiger partial charge is 0.334 e. The number of halogens is 3. The Kier molecular flexibility index (Phi) is 4.33. The Morgan fingerprint density at radius 2 is 1.92 bits per heavy atom. The molecular formula is C18H24F3N5. The molecule has 0 aromatic carbocycles. The third-order valence-electron chi connectivity index (χ3n) is 5.73. The zero-order valence-electron chi connectivity index (χ0n) is 15.2. The highest BCUT2D eigenvalue weighted by atomic mass is 19.4. The monoisotopic (exact) mass is 367 g/mol. The number of aromatic nitrogens is 4. The summed E-state index contributed by atoms with van der Waals surface area (Å²) in [5.74, 6) is 1.01. The van der Waals surface area contributed by atoms with Crippen molar-refractivity contribution >= 4 is 0 Å². The number of hydrogen-bond acceptors (Lipinski definition) is 3. The molecule has 1 aliphatic carbocycles. The van der Waals surface area contributed by atoms with Gasteiger partial charge in [-0.3, -0.25) is 9.58 Å². The average Bonchev–Trinajstić information content (AvgIpc) is 3.26. The summed E-state index contributed by atoms with van der Waals surface area (Å²) in [7, 11) is 3.40. The molecule has 1 fully saturated rings. The second kappa shape index (κ2) is 6.40. The Morgan fingerprint density at radius 1 is 1.15 bits per heavy atom. The first-order valence-electron chi connectivity index (χ1n) is 9.22. The van der Waals surface area contributed by atoms with Crippen molar-refractivity contribution in [1.82, 2.24) is 24.2 Å². The molecule has 0 saturated carbocycles. The van der Waals surface area contributed by atoms with Crippen molar-refractivity contribution < 1.29 is 13.2 Å². The molecule has 3 heterocycles. The predicted octanol–water partition coefficient (Wildman–Crippen LogP) is 3.39. The normalized spacial score (nSPS) is 21.3. The number of likely N-dealkylation sites (tertiary alicyclic amines) is 1. The van der Waals surface area contributed by atoms with Gasteiger partial charge in [0.05, 0.1) is 17.9 Å². The molecule has 2 aliphatic rings. The lowest BCUT2D eigenvalue weighted by Crippen LogP contribution is -2.26. The van der Waals surface area contributed by atoms with Gasteiger partial charge in [0.15, 0.2) is 0 Å². The minimum absolute atomic E-state index is 0.0758. The molecule has 0 N–H and O–H groups in total. The fourth-order valence-corrected chi connectivity index (χ4v) is 4.50. The lowest BCUT2D eigenvalue weighted by Gasteiger charge is -2.24. The van der Waals surface area contributed by atoms with Gasteiger partial charge in [0.2, 0.25) is 0 Å². The molecule has 142 valence electrons. The highest BCUT2D eigenvalue weighted by Gasteiger charge is 2.39. The van der Waals surface area contributed by atoms with E-state index in [2.05, 4.69) is 14.6 Å². The van der Waals surface area contributed by atoms with Crippen molar-refractivity contribution in [2.75, 3.05) is 6.54 Å². The van der Waals surface area contributed by atoms with Crippen LogP contribution >= 0.6 is 0 Å². The van der Waals surface area contributed by atoms with Crippen LogP contribution in [0.5, 0.6) is 0 Å². The number of fused-ring (bicyclic) bond motifs is 1. The molecule has 0 unspecified atom stereocenters. The van der Waals surface area contributed by atoms with Crippen molar-refractivity contribution in [2.24, 2.45) is 14.1 Å². The van der Waals surface area contributed by atoms with Crippen LogP contribution in [0, 0.1) is 0 Å². The van der Waals surface area contributed by atoms with E-state index < -0.39 is 11.9 Å². The first-order valence-corrected chi connectivity index (χ1v) is 9.22. The predicted molar refractivity (Wildman–Crippen MR) is 90.4 cm³/mol. The standard InChI is InChI=1S/C18H24F3N5/c1-24-14-7-4-3-6-13(14)23-17(24)15-8-5-9-26(15)11-12-10-22-25(2)16(12)18(19,20)21/h10,15H,3-9,11H2,1-2H3/t15-/m0/s1. The van der Waals surface area contributed by atoms with E-state index in [0.717, 1.165) is 42.7 Å². The van der Waals surface area contributed by atoms with E-state index >= 15 is 0 Å². The fourth-order valence-electron chi connectivity index (χ4n) is 4.50. The average molecular weight is 367 g/mol. The lowest BCUT2D eigenvalue weighted by molar-refractivity contribution is -0.144. The van der Waals surface area contributed by atoms with Gasteiger partial charge < -0.3 is 4.57 Å². The summed E-state index contributed by atoms with van der Waals surface area (Å²) >= 11 is 0. The third-order valence-corrected chi connectivity index (χ3v) is 5.73. The molecule has 5 nitrogen and oxygen atoms in total. The molecule has 0 bridgehead atoms. The maximum atomic E-state index is 13.4. The van der Waals surface area contributed by atoms with Crippen LogP contribution < -0.4 is 0 Å². The summed E-state index contributed by atoms with van der Waals surface area (Å²) in [6.45, 7) is 1.04. The molecule has 4 rings (SSSR count). The van der Waals surface area contributed by atoms with E-state index in [-0.39, 0.29) is 18.2 Å². The Balaban J connectivity index is 1.62. The Morgan fingerprint density at radius 3 is 2.65 bits per heavy atom. The lowest BCUT2D eigenvalue weighted by atomic mass is 10.0. The second-order valence-electron chi connectivity index (χ2n) is 7.40. The molecule has 0 amide bonds. The second-order valence-corrected chi connectivity index (χ2v) is 7.40. The zero-order valence-corrected chi connectivity index (χ0v) is 15.2. The van der Waals surface area contributed by atoms with Crippen molar-refractivity contribution in [2.45, 2.75) is 57.3 Å². The van der Waals surface area contributed by atoms with Gasteiger partial charge in [-0.1, -0.05) is 0 Å². The van der Waals surface area contributed by atoms with Crippen LogP contribution in [0.25, 0.3) is 0 Å². The summed E-state index contributed by atoms with van der Waals surface area (Å²) in [4.78, 5) is 7.00. The molecule has 1 atom stereocenters. The van der Waals surface area contributed by atoms with E-state index in [4.69, 9.17) is 4.98 Å². The maximum absolute atomic E-state index is 13.4. The number of imidazole rings is 1. The van der Waals surface area contributed by atoms with Gasteiger partial charge in [-0.2, -0.15) is 18.3 Å². The van der Waals surface area contributed by atoms with E-state index in [1.807, 2.05) is 7.05 Å². The van der Waals surface area contributed by atoms with Crippen molar-refractivity contribution in [3.8, 4) is 0 Å². The Hall–Kier alpha value is -1.83. The molecule has 0 radical (unpaired) electrons. The molecule has 0 spiro atoms. The van der Waals surface area contributed by atoms with Crippen LogP contribution in [-0.2, 0) is 39.7 Å². The minimum Gasteiger partial charge on any atom is -0.334 e. The van der Waals surface area contributed by atoms with Crippen LogP contribution in [-0.4, -0.2) is 30.8 Å². The van der Waals surface area contributed by atoms with Crippen LogP contribution in [0.2, 0.25) is 0 Å². The van der Waals surface area contributed by atoms with Crippen molar-refractivity contribution in [3.63, 3.8) is 0 Å². The van der Waals surface area contributed by atoms with E-state index in [9.17, 15) is 13.2 Å². The van der Waals surface area contributed by atoms with Gasteiger partial charge >= 0.3 is 6.18 Å². The molecule has 26 heavy (non-hydrogen) atoms. The topological polar surface area (TPSA) is 38.9 Å². The molecular weight excluding hydrogens is 343 g/mol. The number of alkyl halides is 3. The summed E-state index contributed by atoms with van der Waals surface area (Å²) < 4.78 is 43.2. The highest BCUT2D eigenvalue weighted by molar-refractivity contribution is 5.24. The van der Waals surface area contributed by atoms with Crippen molar-refractivity contribution in [3.05, 3.63) is 34.7 Å². The minimum atomic E-state index is -4.39.